The summed E-state index contributed by atoms with van der Waals surface area (Å²) in [5, 5.41) is 0. The molecule has 0 saturated heterocycles. The zero-order chi connectivity index (χ0) is 9.14. The number of pyridine rings is 1. The van der Waals surface area contributed by atoms with Crippen LogP contribution in [0.5, 0.6) is 0 Å². The first-order valence-electron chi connectivity index (χ1n) is 3.37. The standard InChI is InChI=1S/C8H7ClINO/c1-5(12)7-2-6(4-9)3-8(10)11-7/h2-3H,4H2,1H3. The van der Waals surface area contributed by atoms with Gasteiger partial charge in [0.15, 0.2) is 5.78 Å². The van der Waals surface area contributed by atoms with E-state index in [9.17, 15) is 4.79 Å². The number of carbonyl (C=O) groups is 1. The molecule has 0 bridgehead atoms. The van der Waals surface area contributed by atoms with Crippen LogP contribution in [-0.4, -0.2) is 10.8 Å². The Labute approximate surface area is 89.5 Å². The number of hydrogen-bond donors (Lipinski definition) is 0. The van der Waals surface area contributed by atoms with Gasteiger partial charge in [0.1, 0.15) is 9.39 Å². The van der Waals surface area contributed by atoms with Crippen LogP contribution in [0.2, 0.25) is 0 Å². The monoisotopic (exact) mass is 295 g/mol. The maximum absolute atomic E-state index is 11.0. The van der Waals surface area contributed by atoms with Gasteiger partial charge < -0.3 is 0 Å². The fraction of sp³-hybridized carbons (Fsp3) is 0.250. The van der Waals surface area contributed by atoms with Crippen LogP contribution < -0.4 is 0 Å². The Kier molecular flexibility index (Phi) is 3.46. The minimum absolute atomic E-state index is 0.0279. The maximum Gasteiger partial charge on any atom is 0.178 e. The molecule has 0 aliphatic heterocycles. The molecule has 2 nitrogen and oxygen atoms in total. The average molecular weight is 296 g/mol. The highest BCUT2D eigenvalue weighted by Crippen LogP contribution is 2.10. The van der Waals surface area contributed by atoms with Crippen LogP contribution >= 0.6 is 34.2 Å². The van der Waals surface area contributed by atoms with Crippen molar-refractivity contribution in [1.29, 1.82) is 0 Å². The van der Waals surface area contributed by atoms with E-state index in [2.05, 4.69) is 27.6 Å². The van der Waals surface area contributed by atoms with E-state index in [0.29, 0.717) is 11.6 Å². The summed E-state index contributed by atoms with van der Waals surface area (Å²) in [5.41, 5.74) is 1.42. The van der Waals surface area contributed by atoms with Crippen molar-refractivity contribution in [3.63, 3.8) is 0 Å². The van der Waals surface area contributed by atoms with E-state index in [-0.39, 0.29) is 5.78 Å². The molecule has 0 amide bonds. The molecule has 0 radical (unpaired) electrons. The molecular weight excluding hydrogens is 288 g/mol. The van der Waals surface area contributed by atoms with Gasteiger partial charge in [0.25, 0.3) is 0 Å². The smallest absolute Gasteiger partial charge is 0.178 e. The summed E-state index contributed by atoms with van der Waals surface area (Å²) in [4.78, 5) is 15.0. The third-order valence-electron chi connectivity index (χ3n) is 1.37. The van der Waals surface area contributed by atoms with Gasteiger partial charge in [-0.1, -0.05) is 0 Å². The summed E-state index contributed by atoms with van der Waals surface area (Å²) in [5.74, 6) is 0.388. The number of nitrogens with zero attached hydrogens (tertiary/aromatic N) is 1. The molecule has 0 spiro atoms. The van der Waals surface area contributed by atoms with Gasteiger partial charge in [0.05, 0.1) is 0 Å². The molecule has 1 heterocycles. The lowest BCUT2D eigenvalue weighted by Gasteiger charge is -1.99. The summed E-state index contributed by atoms with van der Waals surface area (Å²) in [6.45, 7) is 1.50. The first-order chi connectivity index (χ1) is 5.63. The molecule has 0 aromatic carbocycles. The van der Waals surface area contributed by atoms with Crippen molar-refractivity contribution in [1.82, 2.24) is 4.98 Å². The fourth-order valence-corrected chi connectivity index (χ4v) is 1.62. The molecule has 0 aliphatic rings. The second kappa shape index (κ2) is 4.18. The minimum Gasteiger partial charge on any atom is -0.293 e. The molecule has 1 aromatic rings. The van der Waals surface area contributed by atoms with Crippen molar-refractivity contribution in [2.24, 2.45) is 0 Å². The third-order valence-corrected chi connectivity index (χ3v) is 2.23. The molecule has 4 heteroatoms. The normalized spacial score (nSPS) is 9.92. The number of hydrogen-bond acceptors (Lipinski definition) is 2. The van der Waals surface area contributed by atoms with Crippen LogP contribution in [0, 0.1) is 3.70 Å². The molecule has 0 N–H and O–H groups in total. The number of rotatable bonds is 2. The lowest BCUT2D eigenvalue weighted by molar-refractivity contribution is 0.101. The first kappa shape index (κ1) is 9.92. The lowest BCUT2D eigenvalue weighted by atomic mass is 10.2. The van der Waals surface area contributed by atoms with Gasteiger partial charge in [-0.15, -0.1) is 11.6 Å². The second-order valence-electron chi connectivity index (χ2n) is 2.37. The van der Waals surface area contributed by atoms with E-state index in [4.69, 9.17) is 11.6 Å². The van der Waals surface area contributed by atoms with Crippen LogP contribution in [0.4, 0.5) is 0 Å². The van der Waals surface area contributed by atoms with Crippen molar-refractivity contribution in [3.8, 4) is 0 Å². The van der Waals surface area contributed by atoms with Gasteiger partial charge in [-0.2, -0.15) is 0 Å². The molecule has 64 valence electrons. The highest BCUT2D eigenvalue weighted by molar-refractivity contribution is 14.1. The van der Waals surface area contributed by atoms with Crippen LogP contribution in [0.3, 0.4) is 0 Å². The lowest BCUT2D eigenvalue weighted by Crippen LogP contribution is -1.99. The molecule has 12 heavy (non-hydrogen) atoms. The Hall–Kier alpha value is -0.160. The number of alkyl halides is 1. The molecule has 1 aromatic heterocycles. The molecule has 0 fully saturated rings. The first-order valence-corrected chi connectivity index (χ1v) is 4.98. The Bertz CT molecular complexity index is 314. The zero-order valence-electron chi connectivity index (χ0n) is 6.47. The summed E-state index contributed by atoms with van der Waals surface area (Å²) in [6, 6.07) is 3.58. The van der Waals surface area contributed by atoms with Crippen molar-refractivity contribution in [2.45, 2.75) is 12.8 Å². The largest absolute Gasteiger partial charge is 0.293 e. The number of carbonyl (C=O) groups excluding carboxylic acids is 1. The van der Waals surface area contributed by atoms with E-state index in [1.165, 1.54) is 6.92 Å². The number of halogens is 2. The third kappa shape index (κ3) is 2.42. The zero-order valence-corrected chi connectivity index (χ0v) is 9.39. The van der Waals surface area contributed by atoms with Gasteiger partial charge in [0, 0.05) is 12.8 Å². The van der Waals surface area contributed by atoms with Gasteiger partial charge in [0.2, 0.25) is 0 Å². The van der Waals surface area contributed by atoms with Gasteiger partial charge >= 0.3 is 0 Å². The SMILES string of the molecule is CC(=O)c1cc(CCl)cc(I)n1. The summed E-state index contributed by atoms with van der Waals surface area (Å²) in [7, 11) is 0. The van der Waals surface area contributed by atoms with Crippen molar-refractivity contribution < 1.29 is 4.79 Å². The van der Waals surface area contributed by atoms with Crippen LogP contribution in [-0.2, 0) is 5.88 Å². The van der Waals surface area contributed by atoms with Crippen LogP contribution in [0.15, 0.2) is 12.1 Å². The quantitative estimate of drug-likeness (QED) is 0.363. The Morgan fingerprint density at radius 2 is 2.33 bits per heavy atom. The van der Waals surface area contributed by atoms with E-state index < -0.39 is 0 Å². The fourth-order valence-electron chi connectivity index (χ4n) is 0.807. The van der Waals surface area contributed by atoms with Gasteiger partial charge in [-0.3, -0.25) is 4.79 Å². The molecule has 1 rings (SSSR count). The van der Waals surface area contributed by atoms with Crippen LogP contribution in [0.25, 0.3) is 0 Å². The summed E-state index contributed by atoms with van der Waals surface area (Å²) < 4.78 is 0.802. The molecular formula is C8H7ClINO. The van der Waals surface area contributed by atoms with Crippen LogP contribution in [0.1, 0.15) is 23.0 Å². The Morgan fingerprint density at radius 1 is 1.67 bits per heavy atom. The van der Waals surface area contributed by atoms with E-state index in [0.717, 1.165) is 9.26 Å². The maximum atomic E-state index is 11.0. The molecule has 0 saturated carbocycles. The highest BCUT2D eigenvalue weighted by Gasteiger charge is 2.03. The minimum atomic E-state index is -0.0279. The predicted molar refractivity (Wildman–Crippen MR) is 56.5 cm³/mol. The number of Topliss-reactive ketones (excluding diaryl/α,β-unsaturated/α-hetero) is 1. The van der Waals surface area contributed by atoms with E-state index in [1.54, 1.807) is 6.07 Å². The summed E-state index contributed by atoms with van der Waals surface area (Å²) in [6.07, 6.45) is 0. The highest BCUT2D eigenvalue weighted by atomic mass is 127. The van der Waals surface area contributed by atoms with Crippen molar-refractivity contribution in [3.05, 3.63) is 27.1 Å². The Morgan fingerprint density at radius 3 is 2.83 bits per heavy atom. The van der Waals surface area contributed by atoms with E-state index >= 15 is 0 Å². The average Bonchev–Trinajstić information content (AvgIpc) is 2.03. The predicted octanol–water partition coefficient (Wildman–Crippen LogP) is 2.63. The van der Waals surface area contributed by atoms with Gasteiger partial charge in [-0.05, 0) is 40.3 Å². The van der Waals surface area contributed by atoms with E-state index in [1.807, 2.05) is 6.07 Å². The number of aromatic nitrogens is 1. The molecule has 0 aliphatic carbocycles. The van der Waals surface area contributed by atoms with Crippen molar-refractivity contribution in [2.75, 3.05) is 0 Å². The summed E-state index contributed by atoms with van der Waals surface area (Å²) >= 11 is 7.70. The second-order valence-corrected chi connectivity index (χ2v) is 3.75. The topological polar surface area (TPSA) is 30.0 Å². The molecule has 0 atom stereocenters. The Balaban J connectivity index is 3.15. The molecule has 0 unspecified atom stereocenters. The van der Waals surface area contributed by atoms with Gasteiger partial charge in [-0.25, -0.2) is 4.98 Å². The van der Waals surface area contributed by atoms with Crippen molar-refractivity contribution >= 4 is 40.0 Å². The number of ketones is 1.